The van der Waals surface area contributed by atoms with Gasteiger partial charge in [-0.1, -0.05) is 0 Å². The number of nitrogens with one attached hydrogen (secondary N) is 1. The van der Waals surface area contributed by atoms with Crippen molar-refractivity contribution in [1.29, 1.82) is 0 Å². The maximum absolute atomic E-state index is 11.9. The predicted octanol–water partition coefficient (Wildman–Crippen LogP) is 1.09. The maximum atomic E-state index is 11.9. The fourth-order valence-electron chi connectivity index (χ4n) is 0.965. The number of aromatic nitrogens is 1. The number of pyridine rings is 1. The van der Waals surface area contributed by atoms with Gasteiger partial charge in [0, 0.05) is 6.07 Å². The minimum Gasteiger partial charge on any atom is -0.494 e. The van der Waals surface area contributed by atoms with E-state index in [0.29, 0.717) is 6.07 Å². The van der Waals surface area contributed by atoms with Gasteiger partial charge in [0.15, 0.2) is 12.0 Å². The van der Waals surface area contributed by atoms with E-state index in [0.717, 1.165) is 7.11 Å². The van der Waals surface area contributed by atoms with Crippen LogP contribution in [-0.4, -0.2) is 24.7 Å². The summed E-state index contributed by atoms with van der Waals surface area (Å²) in [5, 5.41) is 0. The van der Waals surface area contributed by atoms with E-state index >= 15 is 0 Å². The Hall–Kier alpha value is -1.99. The monoisotopic (exact) mass is 237 g/mol. The quantitative estimate of drug-likeness (QED) is 0.799. The van der Waals surface area contributed by atoms with Crippen LogP contribution in [0, 0.1) is 0 Å². The summed E-state index contributed by atoms with van der Waals surface area (Å²) in [7, 11) is 1.14. The molecule has 1 N–H and O–H groups in total. The minimum absolute atomic E-state index is 0.214. The number of aldehydes is 1. The molecule has 0 aliphatic heterocycles. The van der Waals surface area contributed by atoms with Crippen LogP contribution in [0.3, 0.4) is 0 Å². The molecule has 16 heavy (non-hydrogen) atoms. The zero-order chi connectivity index (χ0) is 12.3. The highest BCUT2D eigenvalue weighted by Gasteiger charge is 2.32. The summed E-state index contributed by atoms with van der Waals surface area (Å²) >= 11 is 0. The second-order valence-electron chi connectivity index (χ2n) is 2.61. The van der Waals surface area contributed by atoms with Gasteiger partial charge in [-0.25, -0.2) is 0 Å². The number of alkyl halides is 3. The van der Waals surface area contributed by atoms with Crippen LogP contribution < -0.4 is 15.0 Å². The third kappa shape index (κ3) is 2.75. The molecule has 0 radical (unpaired) electrons. The largest absolute Gasteiger partial charge is 0.573 e. The van der Waals surface area contributed by atoms with Crippen LogP contribution in [-0.2, 0) is 0 Å². The highest BCUT2D eigenvalue weighted by Crippen LogP contribution is 2.23. The van der Waals surface area contributed by atoms with E-state index in [4.69, 9.17) is 0 Å². The highest BCUT2D eigenvalue weighted by atomic mass is 19.4. The molecule has 1 aromatic heterocycles. The molecule has 0 fully saturated rings. The number of rotatable bonds is 3. The third-order valence-electron chi connectivity index (χ3n) is 1.56. The standard InChI is InChI=1S/C8H6F3NO4/c1-15-5-2-6(16-8(9,10)11)7(14)12-4(5)3-13/h2-3H,1H3,(H,12,14). The summed E-state index contributed by atoms with van der Waals surface area (Å²) in [5.41, 5.74) is -1.43. The number of halogens is 3. The van der Waals surface area contributed by atoms with Crippen molar-refractivity contribution in [3.8, 4) is 11.5 Å². The lowest BCUT2D eigenvalue weighted by Crippen LogP contribution is -2.23. The van der Waals surface area contributed by atoms with Crippen LogP contribution in [0.1, 0.15) is 10.5 Å². The molecular weight excluding hydrogens is 231 g/mol. The van der Waals surface area contributed by atoms with Crippen molar-refractivity contribution in [1.82, 2.24) is 4.98 Å². The molecule has 0 atom stereocenters. The van der Waals surface area contributed by atoms with E-state index in [1.165, 1.54) is 0 Å². The molecule has 1 aromatic rings. The second kappa shape index (κ2) is 4.25. The Labute approximate surface area is 86.8 Å². The van der Waals surface area contributed by atoms with Gasteiger partial charge in [0.2, 0.25) is 0 Å². The number of methoxy groups -OCH3 is 1. The van der Waals surface area contributed by atoms with Gasteiger partial charge < -0.3 is 14.5 Å². The number of aromatic amines is 1. The topological polar surface area (TPSA) is 68.4 Å². The summed E-state index contributed by atoms with van der Waals surface area (Å²) in [4.78, 5) is 23.4. The van der Waals surface area contributed by atoms with Crippen molar-refractivity contribution >= 4 is 6.29 Å². The first kappa shape index (κ1) is 12.1. The molecule has 0 aliphatic carbocycles. The van der Waals surface area contributed by atoms with Crippen LogP contribution in [0.5, 0.6) is 11.5 Å². The summed E-state index contributed by atoms with van der Waals surface area (Å²) in [5.74, 6) is -1.20. The van der Waals surface area contributed by atoms with Crippen molar-refractivity contribution in [2.75, 3.05) is 7.11 Å². The van der Waals surface area contributed by atoms with Crippen molar-refractivity contribution in [2.24, 2.45) is 0 Å². The summed E-state index contributed by atoms with van der Waals surface area (Å²) in [6, 6.07) is 0.691. The number of carbonyl (C=O) groups is 1. The zero-order valence-electron chi connectivity index (χ0n) is 7.92. The Balaban J connectivity index is 3.22. The molecule has 0 spiro atoms. The van der Waals surface area contributed by atoms with Gasteiger partial charge in [-0.15, -0.1) is 13.2 Å². The Bertz CT molecular complexity index is 452. The lowest BCUT2D eigenvalue weighted by Gasteiger charge is -2.09. The molecule has 5 nitrogen and oxygen atoms in total. The van der Waals surface area contributed by atoms with Crippen LogP contribution in [0.2, 0.25) is 0 Å². The lowest BCUT2D eigenvalue weighted by atomic mass is 10.3. The highest BCUT2D eigenvalue weighted by molar-refractivity contribution is 5.76. The second-order valence-corrected chi connectivity index (χ2v) is 2.61. The molecule has 0 unspecified atom stereocenters. The molecule has 0 aromatic carbocycles. The normalized spacial score (nSPS) is 11.0. The Morgan fingerprint density at radius 1 is 1.38 bits per heavy atom. The summed E-state index contributed by atoms with van der Waals surface area (Å²) in [6.07, 6.45) is -4.74. The number of carbonyl (C=O) groups excluding carboxylic acids is 1. The first-order valence-electron chi connectivity index (χ1n) is 3.89. The number of hydrogen-bond donors (Lipinski definition) is 1. The average molecular weight is 237 g/mol. The zero-order valence-corrected chi connectivity index (χ0v) is 7.92. The number of H-pyrrole nitrogens is 1. The van der Waals surface area contributed by atoms with E-state index < -0.39 is 17.7 Å². The smallest absolute Gasteiger partial charge is 0.494 e. The van der Waals surface area contributed by atoms with Crippen LogP contribution in [0.25, 0.3) is 0 Å². The number of ether oxygens (including phenoxy) is 2. The van der Waals surface area contributed by atoms with Gasteiger partial charge in [-0.2, -0.15) is 0 Å². The van der Waals surface area contributed by atoms with E-state index in [1.54, 1.807) is 0 Å². The van der Waals surface area contributed by atoms with Crippen LogP contribution in [0.15, 0.2) is 10.9 Å². The van der Waals surface area contributed by atoms with E-state index in [1.807, 2.05) is 4.98 Å². The number of hydrogen-bond acceptors (Lipinski definition) is 4. The molecule has 88 valence electrons. The summed E-state index contributed by atoms with van der Waals surface area (Å²) in [6.45, 7) is 0. The third-order valence-corrected chi connectivity index (χ3v) is 1.56. The molecule has 0 saturated heterocycles. The van der Waals surface area contributed by atoms with Crippen LogP contribution >= 0.6 is 0 Å². The molecule has 8 heteroatoms. The molecular formula is C8H6F3NO4. The molecule has 0 aliphatic rings. The van der Waals surface area contributed by atoms with Gasteiger partial charge >= 0.3 is 6.36 Å². The Kier molecular flexibility index (Phi) is 3.21. The van der Waals surface area contributed by atoms with Gasteiger partial charge in [-0.05, 0) is 0 Å². The first-order valence-corrected chi connectivity index (χ1v) is 3.89. The van der Waals surface area contributed by atoms with E-state index in [-0.39, 0.29) is 17.7 Å². The van der Waals surface area contributed by atoms with Crippen molar-refractivity contribution in [3.05, 3.63) is 22.1 Å². The molecule has 0 saturated carbocycles. The average Bonchev–Trinajstić information content (AvgIpc) is 2.18. The summed E-state index contributed by atoms with van der Waals surface area (Å²) < 4.78 is 43.6. The van der Waals surface area contributed by atoms with Crippen molar-refractivity contribution < 1.29 is 27.4 Å². The molecule has 1 heterocycles. The van der Waals surface area contributed by atoms with Crippen molar-refractivity contribution in [2.45, 2.75) is 6.36 Å². The molecule has 1 rings (SSSR count). The van der Waals surface area contributed by atoms with E-state index in [9.17, 15) is 22.8 Å². The predicted molar refractivity (Wildman–Crippen MR) is 45.7 cm³/mol. The molecule has 0 bridgehead atoms. The molecule has 0 amide bonds. The Morgan fingerprint density at radius 2 is 2.00 bits per heavy atom. The fraction of sp³-hybridized carbons (Fsp3) is 0.250. The van der Waals surface area contributed by atoms with Crippen molar-refractivity contribution in [3.63, 3.8) is 0 Å². The SMILES string of the molecule is COc1cc(OC(F)(F)F)c(=O)[nH]c1C=O. The minimum atomic E-state index is -4.99. The van der Waals surface area contributed by atoms with Gasteiger partial charge in [0.05, 0.1) is 7.11 Å². The van der Waals surface area contributed by atoms with Gasteiger partial charge in [-0.3, -0.25) is 9.59 Å². The lowest BCUT2D eigenvalue weighted by molar-refractivity contribution is -0.275. The fourth-order valence-corrected chi connectivity index (χ4v) is 0.965. The maximum Gasteiger partial charge on any atom is 0.573 e. The van der Waals surface area contributed by atoms with Crippen LogP contribution in [0.4, 0.5) is 13.2 Å². The van der Waals surface area contributed by atoms with E-state index in [2.05, 4.69) is 9.47 Å². The van der Waals surface area contributed by atoms with Gasteiger partial charge in [0.1, 0.15) is 11.4 Å². The van der Waals surface area contributed by atoms with Gasteiger partial charge in [0.25, 0.3) is 5.56 Å². The Morgan fingerprint density at radius 3 is 2.44 bits per heavy atom. The first-order chi connectivity index (χ1) is 7.37.